The maximum absolute atomic E-state index is 8.60. The van der Waals surface area contributed by atoms with Crippen molar-refractivity contribution in [1.29, 1.82) is 0 Å². The third-order valence-electron chi connectivity index (χ3n) is 2.13. The van der Waals surface area contributed by atoms with Gasteiger partial charge in [0, 0.05) is 11.8 Å². The Morgan fingerprint density at radius 1 is 1.69 bits per heavy atom. The highest BCUT2D eigenvalue weighted by Gasteiger charge is 2.22. The molecule has 0 atom stereocenters. The third-order valence-corrected chi connectivity index (χ3v) is 3.76. The van der Waals surface area contributed by atoms with Crippen LogP contribution < -0.4 is 5.73 Å². The summed E-state index contributed by atoms with van der Waals surface area (Å²) >= 11 is 7.65. The van der Waals surface area contributed by atoms with Crippen molar-refractivity contribution in [2.45, 2.75) is 10.3 Å². The second-order valence-electron chi connectivity index (χ2n) is 3.24. The second kappa shape index (κ2) is 4.90. The van der Waals surface area contributed by atoms with Crippen molar-refractivity contribution in [3.8, 4) is 0 Å². The van der Waals surface area contributed by atoms with Gasteiger partial charge in [0.25, 0.3) is 0 Å². The predicted octanol–water partition coefficient (Wildman–Crippen LogP) is 1.32. The van der Waals surface area contributed by atoms with Crippen LogP contribution in [0, 0.1) is 0 Å². The fourth-order valence-electron chi connectivity index (χ4n) is 1.20. The van der Waals surface area contributed by atoms with Crippen LogP contribution in [0.3, 0.4) is 0 Å². The molecule has 0 radical (unpaired) electrons. The van der Waals surface area contributed by atoms with Gasteiger partial charge < -0.3 is 15.7 Å². The van der Waals surface area contributed by atoms with Gasteiger partial charge in [-0.2, -0.15) is 0 Å². The molecule has 3 N–H and O–H groups in total. The zero-order valence-electron chi connectivity index (χ0n) is 8.26. The Hall–Kier alpha value is -0.980. The molecular weight excluding hydrogens is 250 g/mol. The first-order chi connectivity index (χ1) is 7.72. The first kappa shape index (κ1) is 11.5. The highest BCUT2D eigenvalue weighted by Crippen LogP contribution is 2.33. The molecule has 1 fully saturated rings. The number of ether oxygens (including phenoxy) is 1. The van der Waals surface area contributed by atoms with Gasteiger partial charge in [-0.1, -0.05) is 28.5 Å². The van der Waals surface area contributed by atoms with Crippen LogP contribution in [0.1, 0.15) is 5.56 Å². The SMILES string of the molecule is N/C(=N/O)c1ccnc(SC2COC2)c1Cl. The van der Waals surface area contributed by atoms with E-state index in [1.165, 1.54) is 11.8 Å². The number of nitrogens with zero attached hydrogens (tertiary/aromatic N) is 2. The first-order valence-electron chi connectivity index (χ1n) is 4.59. The van der Waals surface area contributed by atoms with Crippen LogP contribution in [0.5, 0.6) is 0 Å². The summed E-state index contributed by atoms with van der Waals surface area (Å²) in [6, 6.07) is 1.61. The average Bonchev–Trinajstić information content (AvgIpc) is 2.24. The average molecular weight is 260 g/mol. The lowest BCUT2D eigenvalue weighted by atomic mass is 10.2. The van der Waals surface area contributed by atoms with E-state index in [1.54, 1.807) is 12.3 Å². The summed E-state index contributed by atoms with van der Waals surface area (Å²) in [5.74, 6) is -0.0147. The Kier molecular flexibility index (Phi) is 3.52. The number of hydrogen-bond donors (Lipinski definition) is 2. The predicted molar refractivity (Wildman–Crippen MR) is 62.2 cm³/mol. The molecule has 0 saturated carbocycles. The van der Waals surface area contributed by atoms with Crippen LogP contribution in [-0.4, -0.2) is 34.5 Å². The zero-order chi connectivity index (χ0) is 11.5. The number of oxime groups is 1. The van der Waals surface area contributed by atoms with Crippen molar-refractivity contribution >= 4 is 29.2 Å². The molecule has 7 heteroatoms. The molecule has 0 unspecified atom stereocenters. The Labute approximate surface area is 102 Å². The number of hydrogen-bond acceptors (Lipinski definition) is 5. The molecule has 1 aromatic heterocycles. The lowest BCUT2D eigenvalue weighted by molar-refractivity contribution is 0.0455. The lowest BCUT2D eigenvalue weighted by Crippen LogP contribution is -2.30. The summed E-state index contributed by atoms with van der Waals surface area (Å²) < 4.78 is 5.07. The zero-order valence-corrected chi connectivity index (χ0v) is 9.83. The molecule has 1 aromatic rings. The van der Waals surface area contributed by atoms with Crippen molar-refractivity contribution in [1.82, 2.24) is 4.98 Å². The minimum absolute atomic E-state index is 0.0147. The maximum atomic E-state index is 8.60. The van der Waals surface area contributed by atoms with E-state index in [-0.39, 0.29) is 5.84 Å². The van der Waals surface area contributed by atoms with Crippen molar-refractivity contribution in [2.75, 3.05) is 13.2 Å². The molecule has 1 aliphatic heterocycles. The minimum atomic E-state index is -0.0147. The van der Waals surface area contributed by atoms with E-state index >= 15 is 0 Å². The van der Waals surface area contributed by atoms with Crippen LogP contribution in [0.4, 0.5) is 0 Å². The molecule has 1 aliphatic rings. The van der Waals surface area contributed by atoms with Gasteiger partial charge in [0.15, 0.2) is 5.84 Å². The Bertz CT molecular complexity index is 423. The highest BCUT2D eigenvalue weighted by molar-refractivity contribution is 8.00. The summed E-state index contributed by atoms with van der Waals surface area (Å²) in [6.45, 7) is 1.41. The number of thioether (sulfide) groups is 1. The molecule has 0 spiro atoms. The molecule has 0 bridgehead atoms. The van der Waals surface area contributed by atoms with Gasteiger partial charge >= 0.3 is 0 Å². The molecular formula is C9H10ClN3O2S. The van der Waals surface area contributed by atoms with E-state index in [1.807, 2.05) is 0 Å². The molecule has 2 rings (SSSR count). The van der Waals surface area contributed by atoms with Crippen LogP contribution in [0.15, 0.2) is 22.4 Å². The number of halogens is 1. The Morgan fingerprint density at radius 3 is 3.00 bits per heavy atom. The molecule has 86 valence electrons. The summed E-state index contributed by atoms with van der Waals surface area (Å²) in [6.07, 6.45) is 1.58. The van der Waals surface area contributed by atoms with E-state index in [9.17, 15) is 0 Å². The standard InChI is InChI=1S/C9H10ClN3O2S/c10-7-6(8(11)13-14)1-2-12-9(7)16-5-3-15-4-5/h1-2,5,14H,3-4H2,(H2,11,13). The van der Waals surface area contributed by atoms with E-state index in [4.69, 9.17) is 27.3 Å². The summed E-state index contributed by atoms with van der Waals surface area (Å²) in [5.41, 5.74) is 5.98. The number of nitrogens with two attached hydrogens (primary N) is 1. The highest BCUT2D eigenvalue weighted by atomic mass is 35.5. The van der Waals surface area contributed by atoms with Crippen LogP contribution in [-0.2, 0) is 4.74 Å². The number of amidine groups is 1. The number of rotatable bonds is 3. The molecule has 0 aliphatic carbocycles. The second-order valence-corrected chi connectivity index (χ2v) is 4.91. The van der Waals surface area contributed by atoms with E-state index in [0.29, 0.717) is 34.1 Å². The fourth-order valence-corrected chi connectivity index (χ4v) is 2.52. The van der Waals surface area contributed by atoms with Gasteiger partial charge in [0.1, 0.15) is 5.03 Å². The van der Waals surface area contributed by atoms with Crippen LogP contribution in [0.25, 0.3) is 0 Å². The van der Waals surface area contributed by atoms with Gasteiger partial charge in [-0.3, -0.25) is 0 Å². The van der Waals surface area contributed by atoms with Crippen LogP contribution >= 0.6 is 23.4 Å². The van der Waals surface area contributed by atoms with E-state index in [2.05, 4.69) is 10.1 Å². The largest absolute Gasteiger partial charge is 0.409 e. The van der Waals surface area contributed by atoms with Crippen molar-refractivity contribution < 1.29 is 9.94 Å². The maximum Gasteiger partial charge on any atom is 0.171 e. The third kappa shape index (κ3) is 2.23. The molecule has 2 heterocycles. The number of aromatic nitrogens is 1. The van der Waals surface area contributed by atoms with Crippen molar-refractivity contribution in [3.63, 3.8) is 0 Å². The van der Waals surface area contributed by atoms with E-state index in [0.717, 1.165) is 0 Å². The van der Waals surface area contributed by atoms with Gasteiger partial charge in [-0.15, -0.1) is 0 Å². The van der Waals surface area contributed by atoms with Gasteiger partial charge in [-0.05, 0) is 6.07 Å². The fraction of sp³-hybridized carbons (Fsp3) is 0.333. The Morgan fingerprint density at radius 2 is 2.44 bits per heavy atom. The van der Waals surface area contributed by atoms with Crippen LogP contribution in [0.2, 0.25) is 5.02 Å². The van der Waals surface area contributed by atoms with Crippen molar-refractivity contribution in [3.05, 3.63) is 22.8 Å². The van der Waals surface area contributed by atoms with Gasteiger partial charge in [-0.25, -0.2) is 4.98 Å². The quantitative estimate of drug-likeness (QED) is 0.370. The smallest absolute Gasteiger partial charge is 0.171 e. The molecule has 5 nitrogen and oxygen atoms in total. The summed E-state index contributed by atoms with van der Waals surface area (Å²) in [4.78, 5) is 4.16. The van der Waals surface area contributed by atoms with E-state index < -0.39 is 0 Å². The van der Waals surface area contributed by atoms with Crippen molar-refractivity contribution in [2.24, 2.45) is 10.9 Å². The van der Waals surface area contributed by atoms with Gasteiger partial charge in [0.2, 0.25) is 0 Å². The number of pyridine rings is 1. The summed E-state index contributed by atoms with van der Waals surface area (Å²) in [5, 5.41) is 13.0. The monoisotopic (exact) mass is 259 g/mol. The minimum Gasteiger partial charge on any atom is -0.409 e. The van der Waals surface area contributed by atoms with Gasteiger partial charge in [0.05, 0.1) is 23.5 Å². The molecule has 1 saturated heterocycles. The molecule has 0 aromatic carbocycles. The molecule has 16 heavy (non-hydrogen) atoms. The first-order valence-corrected chi connectivity index (χ1v) is 5.85. The summed E-state index contributed by atoms with van der Waals surface area (Å²) in [7, 11) is 0. The molecule has 0 amide bonds. The normalized spacial score (nSPS) is 17.2. The topological polar surface area (TPSA) is 80.7 Å². The Balaban J connectivity index is 2.24. The lowest BCUT2D eigenvalue weighted by Gasteiger charge is -2.25.